The third-order valence-corrected chi connectivity index (χ3v) is 5.32. The fraction of sp³-hybridized carbons (Fsp3) is 0.611. The van der Waals surface area contributed by atoms with Crippen molar-refractivity contribution < 1.29 is 0 Å². The Hall–Kier alpha value is -2.75. The largest absolute Gasteiger partial charge is 0.354 e. The van der Waals surface area contributed by atoms with Crippen LogP contribution in [-0.2, 0) is 13.1 Å². The molecule has 0 amide bonds. The lowest BCUT2D eigenvalue weighted by Crippen LogP contribution is -2.36. The van der Waals surface area contributed by atoms with Crippen LogP contribution >= 0.6 is 0 Å². The second-order valence-corrected chi connectivity index (χ2v) is 7.50. The lowest BCUT2D eigenvalue weighted by molar-refractivity contribution is 0.367. The minimum absolute atomic E-state index is 0.0190. The standard InChI is InChI=1S/C18H27N9O/c1-4-26-16(23-27(18(26)28)9-8-24(2)3)13-6-5-7-25(10-13)17-14-15(20-11-19-14)21-12-22-17/h11-13H,4-10H2,1-3H3,(H,19,20,21,22). The number of hydrogen-bond donors (Lipinski definition) is 1. The number of likely N-dealkylation sites (N-methyl/N-ethyl adjacent to an activating group) is 1. The number of fused-ring (bicyclic) bond motifs is 1. The normalized spacial score (nSPS) is 17.7. The molecule has 1 saturated heterocycles. The third kappa shape index (κ3) is 3.39. The van der Waals surface area contributed by atoms with Crippen LogP contribution in [-0.4, -0.2) is 72.9 Å². The fourth-order valence-electron chi connectivity index (χ4n) is 3.87. The van der Waals surface area contributed by atoms with Crippen molar-refractivity contribution >= 4 is 17.0 Å². The maximum Gasteiger partial charge on any atom is 0.345 e. The van der Waals surface area contributed by atoms with Crippen LogP contribution in [0.4, 0.5) is 5.82 Å². The lowest BCUT2D eigenvalue weighted by Gasteiger charge is -2.33. The molecular formula is C18H27N9O. The molecule has 10 heteroatoms. The molecule has 0 radical (unpaired) electrons. The van der Waals surface area contributed by atoms with E-state index in [0.29, 0.717) is 18.7 Å². The van der Waals surface area contributed by atoms with E-state index < -0.39 is 0 Å². The van der Waals surface area contributed by atoms with Crippen molar-refractivity contribution in [3.8, 4) is 0 Å². The zero-order valence-corrected chi connectivity index (χ0v) is 16.7. The summed E-state index contributed by atoms with van der Waals surface area (Å²) in [6, 6.07) is 0. The maximum absolute atomic E-state index is 12.8. The molecule has 1 aliphatic heterocycles. The van der Waals surface area contributed by atoms with Gasteiger partial charge in [0, 0.05) is 32.1 Å². The zero-order chi connectivity index (χ0) is 19.7. The Morgan fingerprint density at radius 2 is 2.14 bits per heavy atom. The van der Waals surface area contributed by atoms with E-state index in [1.807, 2.05) is 25.6 Å². The molecule has 28 heavy (non-hydrogen) atoms. The minimum atomic E-state index is -0.0190. The van der Waals surface area contributed by atoms with Gasteiger partial charge in [-0.1, -0.05) is 0 Å². The number of hydrogen-bond acceptors (Lipinski definition) is 7. The van der Waals surface area contributed by atoms with Gasteiger partial charge in [0.1, 0.15) is 17.7 Å². The molecular weight excluding hydrogens is 358 g/mol. The van der Waals surface area contributed by atoms with Crippen molar-refractivity contribution in [1.82, 2.24) is 39.2 Å². The topological polar surface area (TPSA) is 101 Å². The number of nitrogens with one attached hydrogen (secondary N) is 1. The van der Waals surface area contributed by atoms with Gasteiger partial charge in [-0.25, -0.2) is 24.4 Å². The van der Waals surface area contributed by atoms with Crippen molar-refractivity contribution in [2.24, 2.45) is 0 Å². The number of piperidine rings is 1. The van der Waals surface area contributed by atoms with Crippen LogP contribution in [0.15, 0.2) is 17.4 Å². The lowest BCUT2D eigenvalue weighted by atomic mass is 9.97. The van der Waals surface area contributed by atoms with Gasteiger partial charge in [-0.05, 0) is 33.9 Å². The summed E-state index contributed by atoms with van der Waals surface area (Å²) in [5.74, 6) is 1.94. The van der Waals surface area contributed by atoms with Gasteiger partial charge in [0.25, 0.3) is 0 Å². The molecule has 1 N–H and O–H groups in total. The first-order valence-corrected chi connectivity index (χ1v) is 9.79. The monoisotopic (exact) mass is 385 g/mol. The van der Waals surface area contributed by atoms with Gasteiger partial charge < -0.3 is 14.8 Å². The van der Waals surface area contributed by atoms with Crippen LogP contribution in [0.2, 0.25) is 0 Å². The maximum atomic E-state index is 12.8. The highest BCUT2D eigenvalue weighted by atomic mass is 16.2. The first-order chi connectivity index (χ1) is 13.6. The first kappa shape index (κ1) is 18.6. The Kier molecular flexibility index (Phi) is 5.12. The summed E-state index contributed by atoms with van der Waals surface area (Å²) in [4.78, 5) is 33.1. The quantitative estimate of drug-likeness (QED) is 0.666. The molecule has 0 bridgehead atoms. The number of aromatic amines is 1. The Morgan fingerprint density at radius 3 is 2.93 bits per heavy atom. The number of anilines is 1. The van der Waals surface area contributed by atoms with Gasteiger partial charge >= 0.3 is 5.69 Å². The van der Waals surface area contributed by atoms with Gasteiger partial charge in [-0.3, -0.25) is 4.57 Å². The third-order valence-electron chi connectivity index (χ3n) is 5.32. The van der Waals surface area contributed by atoms with Gasteiger partial charge in [0.15, 0.2) is 11.5 Å². The molecule has 3 aromatic heterocycles. The van der Waals surface area contributed by atoms with Crippen molar-refractivity contribution in [3.05, 3.63) is 29.0 Å². The van der Waals surface area contributed by atoms with E-state index >= 15 is 0 Å². The summed E-state index contributed by atoms with van der Waals surface area (Å²) in [6.07, 6.45) is 5.23. The molecule has 10 nitrogen and oxygen atoms in total. The Labute approximate surface area is 163 Å². The molecule has 0 aromatic carbocycles. The van der Waals surface area contributed by atoms with E-state index in [1.54, 1.807) is 17.3 Å². The molecule has 1 unspecified atom stereocenters. The SMILES string of the molecule is CCn1c(C2CCCN(c3ncnc4nc[nH]c34)C2)nn(CCN(C)C)c1=O. The van der Waals surface area contributed by atoms with Crippen molar-refractivity contribution in [3.63, 3.8) is 0 Å². The summed E-state index contributed by atoms with van der Waals surface area (Å²) in [5.41, 5.74) is 1.51. The van der Waals surface area contributed by atoms with E-state index in [0.717, 1.165) is 49.6 Å². The van der Waals surface area contributed by atoms with Crippen LogP contribution in [0.3, 0.4) is 0 Å². The summed E-state index contributed by atoms with van der Waals surface area (Å²) >= 11 is 0. The van der Waals surface area contributed by atoms with Gasteiger partial charge in [0.05, 0.1) is 12.9 Å². The molecule has 0 aliphatic carbocycles. The molecule has 4 heterocycles. The fourth-order valence-corrected chi connectivity index (χ4v) is 3.87. The number of H-pyrrole nitrogens is 1. The number of rotatable bonds is 6. The predicted octanol–water partition coefficient (Wildman–Crippen LogP) is 0.677. The van der Waals surface area contributed by atoms with E-state index in [1.165, 1.54) is 0 Å². The van der Waals surface area contributed by atoms with Crippen LogP contribution < -0.4 is 10.6 Å². The van der Waals surface area contributed by atoms with Crippen LogP contribution in [0.1, 0.15) is 31.5 Å². The van der Waals surface area contributed by atoms with Gasteiger partial charge in [-0.2, -0.15) is 5.10 Å². The van der Waals surface area contributed by atoms with Gasteiger partial charge in [-0.15, -0.1) is 0 Å². The molecule has 1 fully saturated rings. The highest BCUT2D eigenvalue weighted by molar-refractivity contribution is 5.82. The minimum Gasteiger partial charge on any atom is -0.354 e. The van der Waals surface area contributed by atoms with Crippen molar-refractivity contribution in [2.45, 2.75) is 38.8 Å². The Morgan fingerprint density at radius 1 is 1.29 bits per heavy atom. The zero-order valence-electron chi connectivity index (χ0n) is 16.7. The molecule has 4 rings (SSSR count). The molecule has 1 atom stereocenters. The summed E-state index contributed by atoms with van der Waals surface area (Å²) < 4.78 is 3.42. The van der Waals surface area contributed by atoms with E-state index in [9.17, 15) is 4.79 Å². The second kappa shape index (κ2) is 7.70. The smallest absolute Gasteiger partial charge is 0.345 e. The second-order valence-electron chi connectivity index (χ2n) is 7.50. The molecule has 1 aliphatic rings. The summed E-state index contributed by atoms with van der Waals surface area (Å²) in [5, 5.41) is 4.72. The van der Waals surface area contributed by atoms with E-state index in [4.69, 9.17) is 5.10 Å². The van der Waals surface area contributed by atoms with Gasteiger partial charge in [0.2, 0.25) is 0 Å². The number of imidazole rings is 1. The average Bonchev–Trinajstić information content (AvgIpc) is 3.30. The summed E-state index contributed by atoms with van der Waals surface area (Å²) in [6.45, 7) is 5.71. The van der Waals surface area contributed by atoms with Crippen LogP contribution in [0.25, 0.3) is 11.2 Å². The molecule has 3 aromatic rings. The Bertz CT molecular complexity index is 1000. The molecule has 0 saturated carbocycles. The van der Waals surface area contributed by atoms with E-state index in [2.05, 4.69) is 29.7 Å². The number of aromatic nitrogens is 7. The first-order valence-electron chi connectivity index (χ1n) is 9.79. The number of nitrogens with zero attached hydrogens (tertiary/aromatic N) is 8. The highest BCUT2D eigenvalue weighted by Gasteiger charge is 2.28. The summed E-state index contributed by atoms with van der Waals surface area (Å²) in [7, 11) is 4.00. The predicted molar refractivity (Wildman–Crippen MR) is 107 cm³/mol. The average molecular weight is 385 g/mol. The van der Waals surface area contributed by atoms with Crippen molar-refractivity contribution in [1.29, 1.82) is 0 Å². The van der Waals surface area contributed by atoms with Crippen molar-refractivity contribution in [2.75, 3.05) is 38.6 Å². The molecule has 150 valence electrons. The molecule has 0 spiro atoms. The van der Waals surface area contributed by atoms with Crippen LogP contribution in [0.5, 0.6) is 0 Å². The Balaban J connectivity index is 1.62. The van der Waals surface area contributed by atoms with Crippen LogP contribution in [0, 0.1) is 0 Å². The van der Waals surface area contributed by atoms with E-state index in [-0.39, 0.29) is 11.6 Å². The highest BCUT2D eigenvalue weighted by Crippen LogP contribution is 2.30.